The second kappa shape index (κ2) is 9.91. The number of allylic oxidation sites excluding steroid dienone is 1. The third-order valence-corrected chi connectivity index (χ3v) is 7.71. The lowest BCUT2D eigenvalue weighted by atomic mass is 9.97. The summed E-state index contributed by atoms with van der Waals surface area (Å²) in [6.45, 7) is 2.31. The summed E-state index contributed by atoms with van der Waals surface area (Å²) in [5.74, 6) is -0.575. The maximum atomic E-state index is 15.4. The van der Waals surface area contributed by atoms with Crippen LogP contribution in [0.2, 0.25) is 0 Å². The van der Waals surface area contributed by atoms with Crippen molar-refractivity contribution in [2.75, 3.05) is 26.2 Å². The summed E-state index contributed by atoms with van der Waals surface area (Å²) in [6.07, 6.45) is 1.32. The van der Waals surface area contributed by atoms with Gasteiger partial charge in [-0.3, -0.25) is 9.69 Å². The molecular formula is C25H28ClF2N5O3. The van der Waals surface area contributed by atoms with Crippen molar-refractivity contribution in [2.45, 2.75) is 50.5 Å². The third kappa shape index (κ3) is 4.53. The van der Waals surface area contributed by atoms with Gasteiger partial charge in [0.25, 0.3) is 5.91 Å². The molecular weight excluding hydrogens is 492 g/mol. The largest absolute Gasteiger partial charge is 0.486 e. The van der Waals surface area contributed by atoms with Gasteiger partial charge in [0, 0.05) is 42.9 Å². The fraction of sp³-hybridized carbons (Fsp3) is 0.480. The molecule has 2 bridgehead atoms. The van der Waals surface area contributed by atoms with Crippen LogP contribution in [0, 0.1) is 11.2 Å². The molecule has 0 radical (unpaired) electrons. The predicted octanol–water partition coefficient (Wildman–Crippen LogP) is 2.97. The van der Waals surface area contributed by atoms with Crippen molar-refractivity contribution in [1.82, 2.24) is 15.1 Å². The second-order valence-corrected chi connectivity index (χ2v) is 9.94. The number of aliphatic imine (C=N–C) groups is 1. The van der Waals surface area contributed by atoms with Crippen LogP contribution >= 0.6 is 11.6 Å². The first-order valence-corrected chi connectivity index (χ1v) is 12.4. The molecule has 4 aliphatic rings. The number of nitrogens with zero attached hydrogens (tertiary/aromatic N) is 3. The molecule has 0 aliphatic carbocycles. The Labute approximate surface area is 212 Å². The standard InChI is InChI=1S/C25H28ClF2N5O3/c1-13-18(26)10-30-24(31-13)17-11-32(12-19(17)29)25(35)16-4-2-14(27)8-21(16)36-22-9-15-3-5-20(23(22)28)33(15)6-7-34/h2,4,8,10,15,20,22-23,29-30,34H,3,5-7,9,11-12H2,1H3/b24-17+,29-19?/t15?,20-,22-,23?/m0/s1. The maximum Gasteiger partial charge on any atom is 0.258 e. The average molecular weight is 520 g/mol. The molecule has 4 aliphatic heterocycles. The van der Waals surface area contributed by atoms with E-state index in [9.17, 15) is 14.3 Å². The SMILES string of the molecule is CC1=N/C(=C2\CN(C(=O)c3ccc(F)cc3O[C@H]3CC4CC[C@@H](C3F)N4CCO)CC2=N)NC=C1Cl. The predicted molar refractivity (Wildman–Crippen MR) is 132 cm³/mol. The summed E-state index contributed by atoms with van der Waals surface area (Å²) in [6, 6.07) is 3.34. The molecule has 8 nitrogen and oxygen atoms in total. The summed E-state index contributed by atoms with van der Waals surface area (Å²) in [5, 5.41) is 21.1. The molecule has 4 heterocycles. The van der Waals surface area contributed by atoms with E-state index < -0.39 is 24.0 Å². The lowest BCUT2D eigenvalue weighted by Crippen LogP contribution is -2.54. The Morgan fingerprint density at radius 2 is 2.17 bits per heavy atom. The topological polar surface area (TPSA) is 101 Å². The van der Waals surface area contributed by atoms with Gasteiger partial charge in [-0.15, -0.1) is 0 Å². The van der Waals surface area contributed by atoms with Crippen molar-refractivity contribution in [3.63, 3.8) is 0 Å². The number of piperidine rings is 1. The summed E-state index contributed by atoms with van der Waals surface area (Å²) >= 11 is 6.04. The number of amides is 1. The van der Waals surface area contributed by atoms with Crippen molar-refractivity contribution in [3.05, 3.63) is 52.2 Å². The molecule has 0 saturated carbocycles. The molecule has 11 heteroatoms. The number of ether oxygens (including phenoxy) is 1. The molecule has 0 aromatic heterocycles. The first kappa shape index (κ1) is 24.9. The number of fused-ring (bicyclic) bond motifs is 2. The van der Waals surface area contributed by atoms with Crippen molar-refractivity contribution in [2.24, 2.45) is 4.99 Å². The Balaban J connectivity index is 1.36. The molecule has 3 fully saturated rings. The van der Waals surface area contributed by atoms with Crippen LogP contribution in [0.25, 0.3) is 0 Å². The van der Waals surface area contributed by atoms with Crippen molar-refractivity contribution in [3.8, 4) is 5.75 Å². The van der Waals surface area contributed by atoms with Crippen LogP contribution < -0.4 is 10.1 Å². The number of rotatable bonds is 5. The molecule has 2 unspecified atom stereocenters. The van der Waals surface area contributed by atoms with Crippen LogP contribution in [-0.2, 0) is 0 Å². The number of halogens is 3. The lowest BCUT2D eigenvalue weighted by molar-refractivity contribution is -0.0278. The molecule has 192 valence electrons. The minimum atomic E-state index is -1.32. The Morgan fingerprint density at radius 1 is 1.36 bits per heavy atom. The Bertz CT molecular complexity index is 1190. The van der Waals surface area contributed by atoms with E-state index in [4.69, 9.17) is 21.7 Å². The Kier molecular flexibility index (Phi) is 6.84. The summed E-state index contributed by atoms with van der Waals surface area (Å²) < 4.78 is 35.6. The summed E-state index contributed by atoms with van der Waals surface area (Å²) in [5.41, 5.74) is 1.51. The first-order chi connectivity index (χ1) is 17.3. The van der Waals surface area contributed by atoms with Gasteiger partial charge >= 0.3 is 0 Å². The molecule has 1 amide bonds. The Hall–Kier alpha value is -2.82. The fourth-order valence-corrected chi connectivity index (χ4v) is 5.62. The van der Waals surface area contributed by atoms with E-state index in [1.54, 1.807) is 13.1 Å². The zero-order chi connectivity index (χ0) is 25.6. The van der Waals surface area contributed by atoms with Gasteiger partial charge < -0.3 is 25.5 Å². The third-order valence-electron chi connectivity index (χ3n) is 7.32. The normalized spacial score (nSPS) is 30.2. The molecule has 3 N–H and O–H groups in total. The van der Waals surface area contributed by atoms with E-state index in [1.807, 2.05) is 4.90 Å². The van der Waals surface area contributed by atoms with Gasteiger partial charge in [0.15, 0.2) is 6.17 Å². The molecule has 3 saturated heterocycles. The number of likely N-dealkylation sites (tertiary alicyclic amines) is 1. The van der Waals surface area contributed by atoms with E-state index in [0.29, 0.717) is 41.5 Å². The first-order valence-electron chi connectivity index (χ1n) is 12.0. The van der Waals surface area contributed by atoms with Gasteiger partial charge in [0.2, 0.25) is 0 Å². The van der Waals surface area contributed by atoms with E-state index in [2.05, 4.69) is 10.3 Å². The number of hydrogen-bond acceptors (Lipinski definition) is 7. The molecule has 36 heavy (non-hydrogen) atoms. The van der Waals surface area contributed by atoms with Gasteiger partial charge in [0.1, 0.15) is 23.5 Å². The van der Waals surface area contributed by atoms with Gasteiger partial charge in [-0.25, -0.2) is 13.8 Å². The van der Waals surface area contributed by atoms with E-state index >= 15 is 4.39 Å². The monoisotopic (exact) mass is 519 g/mol. The quantitative estimate of drug-likeness (QED) is 0.555. The highest BCUT2D eigenvalue weighted by atomic mass is 35.5. The molecule has 5 rings (SSSR count). The number of hydrogen-bond donors (Lipinski definition) is 3. The molecule has 1 aromatic carbocycles. The smallest absolute Gasteiger partial charge is 0.258 e. The van der Waals surface area contributed by atoms with E-state index in [0.717, 1.165) is 12.5 Å². The van der Waals surface area contributed by atoms with Crippen molar-refractivity contribution >= 4 is 28.9 Å². The lowest BCUT2D eigenvalue weighted by Gasteiger charge is -2.41. The van der Waals surface area contributed by atoms with Crippen LogP contribution in [0.5, 0.6) is 5.75 Å². The highest BCUT2D eigenvalue weighted by molar-refractivity contribution is 6.43. The van der Waals surface area contributed by atoms with Gasteiger partial charge in [-0.1, -0.05) is 11.6 Å². The number of aliphatic hydroxyl groups is 1. The maximum absolute atomic E-state index is 15.4. The minimum Gasteiger partial charge on any atom is -0.486 e. The van der Waals surface area contributed by atoms with E-state index in [1.165, 1.54) is 17.0 Å². The van der Waals surface area contributed by atoms with Crippen LogP contribution in [0.3, 0.4) is 0 Å². The highest BCUT2D eigenvalue weighted by Crippen LogP contribution is 2.39. The number of carbonyl (C=O) groups excluding carboxylic acids is 1. The number of alkyl halides is 1. The van der Waals surface area contributed by atoms with Gasteiger partial charge in [0.05, 0.1) is 41.7 Å². The Morgan fingerprint density at radius 3 is 2.92 bits per heavy atom. The molecule has 1 aromatic rings. The van der Waals surface area contributed by atoms with Crippen LogP contribution in [0.15, 0.2) is 45.8 Å². The van der Waals surface area contributed by atoms with Gasteiger partial charge in [-0.2, -0.15) is 0 Å². The number of benzene rings is 1. The summed E-state index contributed by atoms with van der Waals surface area (Å²) in [4.78, 5) is 21.3. The van der Waals surface area contributed by atoms with Crippen LogP contribution in [-0.4, -0.2) is 82.8 Å². The number of nitrogens with one attached hydrogen (secondary N) is 2. The van der Waals surface area contributed by atoms with Crippen molar-refractivity contribution in [1.29, 1.82) is 5.41 Å². The highest BCUT2D eigenvalue weighted by Gasteiger charge is 2.48. The number of carbonyl (C=O) groups is 1. The van der Waals surface area contributed by atoms with Crippen molar-refractivity contribution < 1.29 is 23.4 Å². The summed E-state index contributed by atoms with van der Waals surface area (Å²) in [7, 11) is 0. The van der Waals surface area contributed by atoms with Crippen LogP contribution in [0.1, 0.15) is 36.5 Å². The molecule has 4 atom stereocenters. The minimum absolute atomic E-state index is 0.00494. The van der Waals surface area contributed by atoms with Gasteiger partial charge in [-0.05, 0) is 31.9 Å². The second-order valence-electron chi connectivity index (χ2n) is 9.54. The fourth-order valence-electron chi connectivity index (χ4n) is 5.52. The molecule has 0 spiro atoms. The van der Waals surface area contributed by atoms with E-state index in [-0.39, 0.29) is 48.8 Å². The number of aliphatic hydroxyl groups excluding tert-OH is 1. The zero-order valence-electron chi connectivity index (χ0n) is 19.8. The van der Waals surface area contributed by atoms with Crippen LogP contribution in [0.4, 0.5) is 8.78 Å². The average Bonchev–Trinajstić information content (AvgIpc) is 3.38. The zero-order valence-corrected chi connectivity index (χ0v) is 20.6.